The second-order valence-electron chi connectivity index (χ2n) is 8.59. The minimum atomic E-state index is -1.61. The van der Waals surface area contributed by atoms with E-state index in [1.54, 1.807) is 0 Å². The zero-order chi connectivity index (χ0) is 19.2. The Labute approximate surface area is 159 Å². The number of para-hydroxylation sites is 1. The molecule has 2 aromatic carbocycles. The topological polar surface area (TPSA) is 20.2 Å². The van der Waals surface area contributed by atoms with Crippen LogP contribution in [0.5, 0.6) is 5.75 Å². The minimum Gasteiger partial charge on any atom is -0.507 e. The van der Waals surface area contributed by atoms with E-state index in [1.807, 2.05) is 0 Å². The summed E-state index contributed by atoms with van der Waals surface area (Å²) in [6.45, 7) is 15.8. The molecule has 1 N–H and O–H groups in total. The van der Waals surface area contributed by atoms with E-state index in [0.29, 0.717) is 11.7 Å². The quantitative estimate of drug-likeness (QED) is 0.629. The average molecular weight is 363 g/mol. The van der Waals surface area contributed by atoms with Crippen LogP contribution in [0, 0.1) is 0 Å². The predicted octanol–water partition coefficient (Wildman–Crippen LogP) is 6.37. The third-order valence-electron chi connectivity index (χ3n) is 6.02. The summed E-state index contributed by atoms with van der Waals surface area (Å²) in [5, 5.41) is 12.2. The molecule has 0 bridgehead atoms. The number of hydrogen-bond acceptors (Lipinski definition) is 1. The SMILES string of the molecule is CC1=C(C)C(c2ccccc2-c2cccc([Si](C)(C)C)c2O)C(C)=C1C. The Kier molecular flexibility index (Phi) is 4.74. The monoisotopic (exact) mass is 362 g/mol. The first-order valence-corrected chi connectivity index (χ1v) is 12.9. The van der Waals surface area contributed by atoms with Gasteiger partial charge in [0.25, 0.3) is 0 Å². The van der Waals surface area contributed by atoms with Crippen molar-refractivity contribution in [2.75, 3.05) is 0 Å². The number of aromatic hydroxyl groups is 1. The normalized spacial score (nSPS) is 16.0. The van der Waals surface area contributed by atoms with E-state index in [-0.39, 0.29) is 0 Å². The maximum absolute atomic E-state index is 11.1. The molecule has 0 saturated carbocycles. The lowest BCUT2D eigenvalue weighted by Gasteiger charge is -2.23. The van der Waals surface area contributed by atoms with Crippen LogP contribution in [0.15, 0.2) is 64.8 Å². The summed E-state index contributed by atoms with van der Waals surface area (Å²) in [6, 6.07) is 14.8. The Morgan fingerprint density at radius 3 is 1.85 bits per heavy atom. The van der Waals surface area contributed by atoms with Crippen molar-refractivity contribution in [2.45, 2.75) is 53.3 Å². The molecule has 0 radical (unpaired) electrons. The fourth-order valence-corrected chi connectivity index (χ4v) is 5.62. The molecule has 0 atom stereocenters. The van der Waals surface area contributed by atoms with Crippen LogP contribution in [0.1, 0.15) is 39.2 Å². The lowest BCUT2D eigenvalue weighted by Crippen LogP contribution is -2.37. The maximum Gasteiger partial charge on any atom is 0.122 e. The Morgan fingerprint density at radius 1 is 0.731 bits per heavy atom. The van der Waals surface area contributed by atoms with Crippen molar-refractivity contribution >= 4 is 13.3 Å². The van der Waals surface area contributed by atoms with Crippen molar-refractivity contribution in [3.05, 3.63) is 70.3 Å². The van der Waals surface area contributed by atoms with Gasteiger partial charge >= 0.3 is 0 Å². The highest BCUT2D eigenvalue weighted by Gasteiger charge is 2.29. The molecule has 0 fully saturated rings. The van der Waals surface area contributed by atoms with Gasteiger partial charge in [-0.05, 0) is 55.2 Å². The molecule has 1 nitrogen and oxygen atoms in total. The first-order valence-electron chi connectivity index (χ1n) is 9.41. The van der Waals surface area contributed by atoms with E-state index in [1.165, 1.54) is 27.9 Å². The smallest absolute Gasteiger partial charge is 0.122 e. The molecular weight excluding hydrogens is 332 g/mol. The molecule has 0 aromatic heterocycles. The number of rotatable bonds is 3. The van der Waals surface area contributed by atoms with E-state index in [0.717, 1.165) is 16.3 Å². The van der Waals surface area contributed by atoms with Crippen LogP contribution in [0.2, 0.25) is 19.6 Å². The van der Waals surface area contributed by atoms with Gasteiger partial charge in [0, 0.05) is 11.5 Å². The van der Waals surface area contributed by atoms with E-state index in [9.17, 15) is 5.11 Å². The summed E-state index contributed by atoms with van der Waals surface area (Å²) in [7, 11) is -1.61. The highest BCUT2D eigenvalue weighted by Crippen LogP contribution is 2.46. The third kappa shape index (κ3) is 2.97. The molecule has 1 aliphatic rings. The molecular formula is C24H30OSi. The van der Waals surface area contributed by atoms with Gasteiger partial charge in [0.05, 0.1) is 8.07 Å². The van der Waals surface area contributed by atoms with Crippen LogP contribution >= 0.6 is 0 Å². The maximum atomic E-state index is 11.1. The summed E-state index contributed by atoms with van der Waals surface area (Å²) < 4.78 is 0. The highest BCUT2D eigenvalue weighted by molar-refractivity contribution is 6.89. The van der Waals surface area contributed by atoms with Crippen LogP contribution in [-0.2, 0) is 0 Å². The van der Waals surface area contributed by atoms with Crippen LogP contribution in [0.4, 0.5) is 0 Å². The van der Waals surface area contributed by atoms with Crippen LogP contribution < -0.4 is 5.19 Å². The lowest BCUT2D eigenvalue weighted by atomic mass is 9.84. The molecule has 26 heavy (non-hydrogen) atoms. The number of phenols is 1. The van der Waals surface area contributed by atoms with Gasteiger partial charge in [0.1, 0.15) is 5.75 Å². The Bertz CT molecular complexity index is 901. The Morgan fingerprint density at radius 2 is 1.27 bits per heavy atom. The van der Waals surface area contributed by atoms with E-state index < -0.39 is 8.07 Å². The second kappa shape index (κ2) is 6.59. The molecule has 2 aromatic rings. The summed E-state index contributed by atoms with van der Waals surface area (Å²) >= 11 is 0. The molecule has 0 heterocycles. The van der Waals surface area contributed by atoms with E-state index in [2.05, 4.69) is 89.8 Å². The van der Waals surface area contributed by atoms with Crippen LogP contribution in [0.25, 0.3) is 11.1 Å². The average Bonchev–Trinajstić information content (AvgIpc) is 2.78. The van der Waals surface area contributed by atoms with Crippen molar-refractivity contribution in [3.63, 3.8) is 0 Å². The second-order valence-corrected chi connectivity index (χ2v) is 13.6. The molecule has 3 rings (SSSR count). The summed E-state index contributed by atoms with van der Waals surface area (Å²) in [4.78, 5) is 0. The van der Waals surface area contributed by atoms with Gasteiger partial charge in [-0.1, -0.05) is 73.3 Å². The number of hydrogen-bond donors (Lipinski definition) is 1. The van der Waals surface area contributed by atoms with E-state index in [4.69, 9.17) is 0 Å². The first kappa shape index (κ1) is 18.7. The van der Waals surface area contributed by atoms with Gasteiger partial charge in [-0.25, -0.2) is 0 Å². The first-order chi connectivity index (χ1) is 12.1. The van der Waals surface area contributed by atoms with Crippen molar-refractivity contribution in [1.82, 2.24) is 0 Å². The third-order valence-corrected chi connectivity index (χ3v) is 8.04. The van der Waals surface area contributed by atoms with Crippen molar-refractivity contribution < 1.29 is 5.11 Å². The summed E-state index contributed by atoms with van der Waals surface area (Å²) in [5.74, 6) is 0.773. The predicted molar refractivity (Wildman–Crippen MR) is 116 cm³/mol. The van der Waals surface area contributed by atoms with Crippen molar-refractivity contribution in [3.8, 4) is 16.9 Å². The fourth-order valence-electron chi connectivity index (χ4n) is 4.18. The Hall–Kier alpha value is -2.06. The van der Waals surface area contributed by atoms with E-state index >= 15 is 0 Å². The molecule has 0 unspecified atom stereocenters. The summed E-state index contributed by atoms with van der Waals surface area (Å²) in [6.07, 6.45) is 0. The largest absolute Gasteiger partial charge is 0.507 e. The number of phenolic OH excluding ortho intramolecular Hbond substituents is 1. The molecule has 0 aliphatic heterocycles. The van der Waals surface area contributed by atoms with Gasteiger partial charge in [-0.2, -0.15) is 0 Å². The molecule has 1 aliphatic carbocycles. The molecule has 0 saturated heterocycles. The summed E-state index contributed by atoms with van der Waals surface area (Å²) in [5.41, 5.74) is 9.06. The number of benzene rings is 2. The van der Waals surface area contributed by atoms with Gasteiger partial charge in [-0.15, -0.1) is 0 Å². The lowest BCUT2D eigenvalue weighted by molar-refractivity contribution is 0.481. The Balaban J connectivity index is 2.23. The van der Waals surface area contributed by atoms with Crippen molar-refractivity contribution in [2.24, 2.45) is 0 Å². The zero-order valence-electron chi connectivity index (χ0n) is 17.1. The fraction of sp³-hybridized carbons (Fsp3) is 0.333. The van der Waals surface area contributed by atoms with Gasteiger partial charge in [-0.3, -0.25) is 0 Å². The van der Waals surface area contributed by atoms with Crippen LogP contribution in [0.3, 0.4) is 0 Å². The highest BCUT2D eigenvalue weighted by atomic mass is 28.3. The molecule has 2 heteroatoms. The van der Waals surface area contributed by atoms with Gasteiger partial charge < -0.3 is 5.11 Å². The van der Waals surface area contributed by atoms with Gasteiger partial charge in [0.2, 0.25) is 0 Å². The zero-order valence-corrected chi connectivity index (χ0v) is 18.1. The van der Waals surface area contributed by atoms with Crippen LogP contribution in [-0.4, -0.2) is 13.2 Å². The number of allylic oxidation sites excluding steroid dienone is 4. The molecule has 0 spiro atoms. The van der Waals surface area contributed by atoms with Crippen molar-refractivity contribution in [1.29, 1.82) is 0 Å². The standard InChI is InChI=1S/C24H30OSi/c1-15-16(2)18(4)23(17(15)3)20-12-9-8-11-19(20)21-13-10-14-22(24(21)25)26(5,6)7/h8-14,23,25H,1-7H3. The minimum absolute atomic E-state index is 0.307. The molecule has 0 amide bonds. The molecule has 136 valence electrons. The van der Waals surface area contributed by atoms with Gasteiger partial charge in [0.15, 0.2) is 0 Å².